The van der Waals surface area contributed by atoms with Crippen molar-refractivity contribution in [3.63, 3.8) is 0 Å². The third-order valence-corrected chi connectivity index (χ3v) is 3.95. The zero-order chi connectivity index (χ0) is 16.1. The summed E-state index contributed by atoms with van der Waals surface area (Å²) in [5.41, 5.74) is 1.00. The Bertz CT molecular complexity index is 622. The molecular formula is C17H24N6. The minimum absolute atomic E-state index is 0.731. The fourth-order valence-corrected chi connectivity index (χ4v) is 2.74. The molecule has 6 nitrogen and oxygen atoms in total. The van der Waals surface area contributed by atoms with Gasteiger partial charge in [-0.15, -0.1) is 0 Å². The van der Waals surface area contributed by atoms with Crippen molar-refractivity contribution in [3.8, 4) is 0 Å². The summed E-state index contributed by atoms with van der Waals surface area (Å²) in [5.74, 6) is 2.79. The zero-order valence-electron chi connectivity index (χ0n) is 13.9. The smallest absolute Gasteiger partial charge is 0.224 e. The van der Waals surface area contributed by atoms with Crippen LogP contribution in [0.3, 0.4) is 0 Å². The highest BCUT2D eigenvalue weighted by molar-refractivity contribution is 5.47. The molecule has 2 aromatic rings. The third kappa shape index (κ3) is 3.88. The van der Waals surface area contributed by atoms with Gasteiger partial charge in [0.25, 0.3) is 0 Å². The van der Waals surface area contributed by atoms with Crippen LogP contribution in [-0.2, 0) is 0 Å². The largest absolute Gasteiger partial charge is 0.354 e. The lowest BCUT2D eigenvalue weighted by molar-refractivity contribution is 0.641. The van der Waals surface area contributed by atoms with E-state index in [9.17, 15) is 0 Å². The molecule has 1 aliphatic rings. The third-order valence-electron chi connectivity index (χ3n) is 3.95. The minimum atomic E-state index is 0.731. The van der Waals surface area contributed by atoms with Gasteiger partial charge >= 0.3 is 0 Å². The van der Waals surface area contributed by atoms with Crippen molar-refractivity contribution in [2.75, 3.05) is 47.8 Å². The number of nitrogens with one attached hydrogen (secondary N) is 1. The Labute approximate surface area is 137 Å². The molecule has 0 aromatic carbocycles. The molecule has 1 fully saturated rings. The van der Waals surface area contributed by atoms with Crippen molar-refractivity contribution >= 4 is 17.6 Å². The highest BCUT2D eigenvalue weighted by Gasteiger charge is 2.19. The molecule has 1 saturated heterocycles. The van der Waals surface area contributed by atoms with Crippen LogP contribution >= 0.6 is 0 Å². The molecule has 1 aliphatic heterocycles. The lowest BCUT2D eigenvalue weighted by Gasteiger charge is -2.36. The molecule has 0 spiro atoms. The fraction of sp³-hybridized carbons (Fsp3) is 0.471. The van der Waals surface area contributed by atoms with Crippen LogP contribution in [0.15, 0.2) is 30.5 Å². The van der Waals surface area contributed by atoms with E-state index in [1.165, 1.54) is 0 Å². The summed E-state index contributed by atoms with van der Waals surface area (Å²) in [5, 5.41) is 3.28. The first-order valence-electron chi connectivity index (χ1n) is 8.27. The van der Waals surface area contributed by atoms with E-state index in [2.05, 4.69) is 49.1 Å². The standard InChI is InChI=1S/C17H24N6/c1-3-7-19-17-20-14(2)13-16(21-17)23-11-9-22(10-12-23)15-6-4-5-8-18-15/h4-6,8,13H,3,7,9-12H2,1-2H3,(H,19,20,21). The number of aryl methyl sites for hydroxylation is 1. The second-order valence-electron chi connectivity index (χ2n) is 5.78. The van der Waals surface area contributed by atoms with Gasteiger partial charge in [0, 0.05) is 50.7 Å². The maximum Gasteiger partial charge on any atom is 0.224 e. The van der Waals surface area contributed by atoms with Crippen molar-refractivity contribution in [1.29, 1.82) is 0 Å². The van der Waals surface area contributed by atoms with Gasteiger partial charge < -0.3 is 15.1 Å². The SMILES string of the molecule is CCCNc1nc(C)cc(N2CCN(c3ccccn3)CC2)n1. The molecule has 0 amide bonds. The molecule has 3 heterocycles. The van der Waals surface area contributed by atoms with Gasteiger partial charge in [-0.2, -0.15) is 4.98 Å². The van der Waals surface area contributed by atoms with Crippen LogP contribution in [-0.4, -0.2) is 47.7 Å². The topological polar surface area (TPSA) is 57.2 Å². The van der Waals surface area contributed by atoms with Crippen LogP contribution in [0.2, 0.25) is 0 Å². The normalized spacial score (nSPS) is 14.9. The van der Waals surface area contributed by atoms with E-state index in [1.807, 2.05) is 25.3 Å². The lowest BCUT2D eigenvalue weighted by atomic mass is 10.3. The molecule has 1 N–H and O–H groups in total. The zero-order valence-corrected chi connectivity index (χ0v) is 13.9. The summed E-state index contributed by atoms with van der Waals surface area (Å²) < 4.78 is 0. The molecule has 0 radical (unpaired) electrons. The fourth-order valence-electron chi connectivity index (χ4n) is 2.74. The van der Waals surface area contributed by atoms with Gasteiger partial charge in [-0.3, -0.25) is 0 Å². The first kappa shape index (κ1) is 15.5. The Kier molecular flexibility index (Phi) is 4.90. The van der Waals surface area contributed by atoms with Crippen LogP contribution in [0.1, 0.15) is 19.0 Å². The number of aromatic nitrogens is 3. The number of anilines is 3. The number of hydrogen-bond acceptors (Lipinski definition) is 6. The summed E-state index contributed by atoms with van der Waals surface area (Å²) in [4.78, 5) is 18.2. The van der Waals surface area contributed by atoms with Crippen LogP contribution in [0.4, 0.5) is 17.6 Å². The molecule has 3 rings (SSSR count). The molecule has 0 saturated carbocycles. The van der Waals surface area contributed by atoms with Gasteiger partial charge in [-0.25, -0.2) is 9.97 Å². The number of pyridine rings is 1. The van der Waals surface area contributed by atoms with Crippen LogP contribution in [0, 0.1) is 6.92 Å². The Morgan fingerprint density at radius 3 is 2.43 bits per heavy atom. The van der Waals surface area contributed by atoms with E-state index in [1.54, 1.807) is 0 Å². The molecular weight excluding hydrogens is 288 g/mol. The first-order chi connectivity index (χ1) is 11.3. The van der Waals surface area contributed by atoms with Crippen LogP contribution in [0.5, 0.6) is 0 Å². The average Bonchev–Trinajstić information content (AvgIpc) is 2.60. The molecule has 0 atom stereocenters. The maximum absolute atomic E-state index is 4.66. The summed E-state index contributed by atoms with van der Waals surface area (Å²) in [6.07, 6.45) is 2.91. The Balaban J connectivity index is 1.66. The molecule has 0 aliphatic carbocycles. The summed E-state index contributed by atoms with van der Waals surface area (Å²) in [7, 11) is 0. The van der Waals surface area contributed by atoms with Crippen LogP contribution < -0.4 is 15.1 Å². The highest BCUT2D eigenvalue weighted by Crippen LogP contribution is 2.19. The van der Waals surface area contributed by atoms with E-state index in [-0.39, 0.29) is 0 Å². The van der Waals surface area contributed by atoms with Crippen molar-refractivity contribution < 1.29 is 0 Å². The predicted molar refractivity (Wildman–Crippen MR) is 94.2 cm³/mol. The molecule has 0 unspecified atom stereocenters. The van der Waals surface area contributed by atoms with Gasteiger partial charge in [-0.05, 0) is 25.5 Å². The van der Waals surface area contributed by atoms with E-state index >= 15 is 0 Å². The van der Waals surface area contributed by atoms with Crippen LogP contribution in [0.25, 0.3) is 0 Å². The highest BCUT2D eigenvalue weighted by atomic mass is 15.3. The number of rotatable bonds is 5. The summed E-state index contributed by atoms with van der Waals surface area (Å²) in [6, 6.07) is 8.12. The van der Waals surface area contributed by atoms with Crippen molar-refractivity contribution in [2.24, 2.45) is 0 Å². The lowest BCUT2D eigenvalue weighted by Crippen LogP contribution is -2.47. The van der Waals surface area contributed by atoms with E-state index < -0.39 is 0 Å². The molecule has 122 valence electrons. The quantitative estimate of drug-likeness (QED) is 0.914. The number of nitrogens with zero attached hydrogens (tertiary/aromatic N) is 5. The van der Waals surface area contributed by atoms with Gasteiger partial charge in [0.15, 0.2) is 0 Å². The van der Waals surface area contributed by atoms with Gasteiger partial charge in [0.1, 0.15) is 11.6 Å². The van der Waals surface area contributed by atoms with Gasteiger partial charge in [-0.1, -0.05) is 13.0 Å². The Hall–Kier alpha value is -2.37. The first-order valence-corrected chi connectivity index (χ1v) is 8.27. The van der Waals surface area contributed by atoms with Crippen molar-refractivity contribution in [2.45, 2.75) is 20.3 Å². The number of piperazine rings is 1. The van der Waals surface area contributed by atoms with E-state index in [4.69, 9.17) is 0 Å². The number of hydrogen-bond donors (Lipinski definition) is 1. The predicted octanol–water partition coefficient (Wildman–Crippen LogP) is 2.33. The molecule has 2 aromatic heterocycles. The summed E-state index contributed by atoms with van der Waals surface area (Å²) in [6.45, 7) is 8.86. The Morgan fingerprint density at radius 2 is 1.78 bits per heavy atom. The second kappa shape index (κ2) is 7.26. The maximum atomic E-state index is 4.66. The molecule has 0 bridgehead atoms. The molecule has 23 heavy (non-hydrogen) atoms. The van der Waals surface area contributed by atoms with Crippen molar-refractivity contribution in [3.05, 3.63) is 36.2 Å². The van der Waals surface area contributed by atoms with Crippen molar-refractivity contribution in [1.82, 2.24) is 15.0 Å². The minimum Gasteiger partial charge on any atom is -0.354 e. The molecule has 6 heteroatoms. The van der Waals surface area contributed by atoms with Gasteiger partial charge in [0.05, 0.1) is 0 Å². The average molecular weight is 312 g/mol. The van der Waals surface area contributed by atoms with E-state index in [0.717, 1.165) is 62.4 Å². The van der Waals surface area contributed by atoms with E-state index in [0.29, 0.717) is 0 Å². The monoisotopic (exact) mass is 312 g/mol. The Morgan fingerprint density at radius 1 is 1.04 bits per heavy atom. The van der Waals surface area contributed by atoms with Gasteiger partial charge in [0.2, 0.25) is 5.95 Å². The second-order valence-corrected chi connectivity index (χ2v) is 5.78. The summed E-state index contributed by atoms with van der Waals surface area (Å²) >= 11 is 0.